The van der Waals surface area contributed by atoms with E-state index >= 15 is 0 Å². The van der Waals surface area contributed by atoms with E-state index in [0.29, 0.717) is 0 Å². The highest BCUT2D eigenvalue weighted by Gasteiger charge is 2.11. The summed E-state index contributed by atoms with van der Waals surface area (Å²) >= 11 is 0. The van der Waals surface area contributed by atoms with E-state index in [1.165, 1.54) is 0 Å². The van der Waals surface area contributed by atoms with E-state index in [1.54, 1.807) is 6.20 Å². The van der Waals surface area contributed by atoms with Gasteiger partial charge in [-0.15, -0.1) is 0 Å². The van der Waals surface area contributed by atoms with Crippen LogP contribution in [0.15, 0.2) is 12.3 Å². The molecule has 0 amide bonds. The minimum atomic E-state index is -0.324. The molecule has 0 fully saturated rings. The molecule has 0 saturated carbocycles. The number of aromatic nitrogens is 2. The molecule has 0 saturated heterocycles. The Bertz CT molecular complexity index is 244. The molecule has 0 bridgehead atoms. The summed E-state index contributed by atoms with van der Waals surface area (Å²) in [7, 11) is 0. The van der Waals surface area contributed by atoms with Crippen molar-refractivity contribution in [1.82, 2.24) is 9.78 Å². The Morgan fingerprint density at radius 1 is 1.67 bits per heavy atom. The van der Waals surface area contributed by atoms with Crippen LogP contribution in [0.3, 0.4) is 0 Å². The minimum Gasteiger partial charge on any atom is -0.394 e. The zero-order valence-electron chi connectivity index (χ0n) is 7.44. The van der Waals surface area contributed by atoms with Gasteiger partial charge in [0.05, 0.1) is 18.3 Å². The molecule has 0 unspecified atom stereocenters. The molecule has 0 aliphatic carbocycles. The molecule has 4 nitrogen and oxygen atoms in total. The Labute approximate surface area is 72.0 Å². The Morgan fingerprint density at radius 2 is 2.33 bits per heavy atom. The second-order valence-corrected chi connectivity index (χ2v) is 3.08. The summed E-state index contributed by atoms with van der Waals surface area (Å²) in [6.45, 7) is 4.01. The molecule has 4 heteroatoms. The van der Waals surface area contributed by atoms with Gasteiger partial charge < -0.3 is 10.8 Å². The Balaban J connectivity index is 2.91. The van der Waals surface area contributed by atoms with Crippen LogP contribution in [0.2, 0.25) is 0 Å². The zero-order valence-corrected chi connectivity index (χ0v) is 7.44. The molecular weight excluding hydrogens is 154 g/mol. The average molecular weight is 169 g/mol. The molecule has 1 heterocycles. The molecule has 0 aliphatic rings. The second kappa shape index (κ2) is 3.69. The van der Waals surface area contributed by atoms with Crippen LogP contribution in [-0.4, -0.2) is 21.5 Å². The number of hydrogen-bond donors (Lipinski definition) is 2. The maximum absolute atomic E-state index is 8.85. The molecule has 12 heavy (non-hydrogen) atoms. The zero-order chi connectivity index (χ0) is 9.14. The van der Waals surface area contributed by atoms with Crippen LogP contribution in [-0.2, 0) is 0 Å². The summed E-state index contributed by atoms with van der Waals surface area (Å²) in [5, 5.41) is 13.0. The van der Waals surface area contributed by atoms with E-state index in [1.807, 2.05) is 24.6 Å². The Hall–Kier alpha value is -0.870. The molecule has 0 aliphatic heterocycles. The van der Waals surface area contributed by atoms with Gasteiger partial charge in [-0.2, -0.15) is 5.10 Å². The van der Waals surface area contributed by atoms with Gasteiger partial charge in [0, 0.05) is 12.2 Å². The van der Waals surface area contributed by atoms with Gasteiger partial charge in [-0.3, -0.25) is 4.68 Å². The number of rotatable bonds is 3. The fraction of sp³-hybridized carbons (Fsp3) is 0.625. The van der Waals surface area contributed by atoms with Crippen molar-refractivity contribution in [3.05, 3.63) is 18.0 Å². The van der Waals surface area contributed by atoms with Gasteiger partial charge in [0.2, 0.25) is 0 Å². The standard InChI is InChI=1S/C8H15N3O/c1-6(2)11-8(3-4-10-11)7(9)5-12/h3-4,6-7,12H,5,9H2,1-2H3/t7-/m1/s1. The molecule has 1 aromatic heterocycles. The van der Waals surface area contributed by atoms with Crippen molar-refractivity contribution in [2.24, 2.45) is 5.73 Å². The van der Waals surface area contributed by atoms with Crippen LogP contribution in [0.25, 0.3) is 0 Å². The van der Waals surface area contributed by atoms with E-state index in [9.17, 15) is 0 Å². The van der Waals surface area contributed by atoms with E-state index < -0.39 is 0 Å². The van der Waals surface area contributed by atoms with Crippen molar-refractivity contribution in [1.29, 1.82) is 0 Å². The quantitative estimate of drug-likeness (QED) is 0.690. The first kappa shape index (κ1) is 9.22. The van der Waals surface area contributed by atoms with E-state index in [0.717, 1.165) is 5.69 Å². The summed E-state index contributed by atoms with van der Waals surface area (Å²) in [4.78, 5) is 0. The first-order valence-electron chi connectivity index (χ1n) is 4.06. The van der Waals surface area contributed by atoms with Gasteiger partial charge in [0.25, 0.3) is 0 Å². The third-order valence-corrected chi connectivity index (χ3v) is 1.77. The van der Waals surface area contributed by atoms with Crippen molar-refractivity contribution < 1.29 is 5.11 Å². The number of aliphatic hydroxyl groups is 1. The largest absolute Gasteiger partial charge is 0.394 e. The fourth-order valence-corrected chi connectivity index (χ4v) is 1.14. The monoisotopic (exact) mass is 169 g/mol. The van der Waals surface area contributed by atoms with Crippen molar-refractivity contribution in [2.45, 2.75) is 25.9 Å². The lowest BCUT2D eigenvalue weighted by molar-refractivity contribution is 0.260. The van der Waals surface area contributed by atoms with Gasteiger partial charge in [-0.1, -0.05) is 0 Å². The molecule has 0 aromatic carbocycles. The van der Waals surface area contributed by atoms with Crippen molar-refractivity contribution >= 4 is 0 Å². The van der Waals surface area contributed by atoms with Crippen LogP contribution in [0.4, 0.5) is 0 Å². The van der Waals surface area contributed by atoms with E-state index in [-0.39, 0.29) is 18.7 Å². The topological polar surface area (TPSA) is 64.1 Å². The smallest absolute Gasteiger partial charge is 0.0701 e. The first-order valence-corrected chi connectivity index (χ1v) is 4.06. The molecule has 1 aromatic rings. The summed E-state index contributed by atoms with van der Waals surface area (Å²) in [5.74, 6) is 0. The van der Waals surface area contributed by atoms with Crippen molar-refractivity contribution in [3.8, 4) is 0 Å². The number of nitrogens with zero attached hydrogens (tertiary/aromatic N) is 2. The SMILES string of the molecule is CC(C)n1nccc1[C@H](N)CO. The molecule has 0 radical (unpaired) electrons. The highest BCUT2D eigenvalue weighted by molar-refractivity contribution is 5.06. The third kappa shape index (κ3) is 1.65. The summed E-state index contributed by atoms with van der Waals surface area (Å²) in [6, 6.07) is 1.79. The summed E-state index contributed by atoms with van der Waals surface area (Å²) in [5.41, 5.74) is 6.55. The number of aliphatic hydroxyl groups excluding tert-OH is 1. The second-order valence-electron chi connectivity index (χ2n) is 3.08. The Kier molecular flexibility index (Phi) is 2.83. The molecule has 1 atom stereocenters. The molecule has 1 rings (SSSR count). The minimum absolute atomic E-state index is 0.0432. The van der Waals surface area contributed by atoms with E-state index in [2.05, 4.69) is 5.10 Å². The van der Waals surface area contributed by atoms with Gasteiger partial charge in [-0.05, 0) is 19.9 Å². The molecular formula is C8H15N3O. The highest BCUT2D eigenvalue weighted by Crippen LogP contribution is 2.13. The fourth-order valence-electron chi connectivity index (χ4n) is 1.14. The van der Waals surface area contributed by atoms with Crippen LogP contribution >= 0.6 is 0 Å². The van der Waals surface area contributed by atoms with Crippen molar-refractivity contribution in [2.75, 3.05) is 6.61 Å². The normalized spacial score (nSPS) is 13.8. The van der Waals surface area contributed by atoms with Gasteiger partial charge >= 0.3 is 0 Å². The number of hydrogen-bond acceptors (Lipinski definition) is 3. The van der Waals surface area contributed by atoms with Gasteiger partial charge in [0.1, 0.15) is 0 Å². The maximum atomic E-state index is 8.85. The van der Waals surface area contributed by atoms with Crippen LogP contribution < -0.4 is 5.73 Å². The lowest BCUT2D eigenvalue weighted by Gasteiger charge is -2.14. The predicted octanol–water partition coefficient (Wildman–Crippen LogP) is 0.456. The Morgan fingerprint density at radius 3 is 2.83 bits per heavy atom. The first-order chi connectivity index (χ1) is 5.66. The average Bonchev–Trinajstić information content (AvgIpc) is 2.50. The summed E-state index contributed by atoms with van der Waals surface area (Å²) < 4.78 is 1.82. The van der Waals surface area contributed by atoms with Gasteiger partial charge in [0.15, 0.2) is 0 Å². The maximum Gasteiger partial charge on any atom is 0.0701 e. The third-order valence-electron chi connectivity index (χ3n) is 1.77. The lowest BCUT2D eigenvalue weighted by atomic mass is 10.2. The highest BCUT2D eigenvalue weighted by atomic mass is 16.3. The van der Waals surface area contributed by atoms with Crippen LogP contribution in [0.1, 0.15) is 31.6 Å². The molecule has 3 N–H and O–H groups in total. The lowest BCUT2D eigenvalue weighted by Crippen LogP contribution is -2.20. The van der Waals surface area contributed by atoms with Crippen molar-refractivity contribution in [3.63, 3.8) is 0 Å². The predicted molar refractivity (Wildman–Crippen MR) is 46.6 cm³/mol. The van der Waals surface area contributed by atoms with Crippen LogP contribution in [0.5, 0.6) is 0 Å². The van der Waals surface area contributed by atoms with Gasteiger partial charge in [-0.25, -0.2) is 0 Å². The summed E-state index contributed by atoms with van der Waals surface area (Å²) in [6.07, 6.45) is 1.70. The van der Waals surface area contributed by atoms with Crippen LogP contribution in [0, 0.1) is 0 Å². The number of nitrogens with two attached hydrogens (primary N) is 1. The molecule has 68 valence electrons. The van der Waals surface area contributed by atoms with E-state index in [4.69, 9.17) is 10.8 Å². The molecule has 0 spiro atoms.